The molecule has 1 spiro atoms. The lowest BCUT2D eigenvalue weighted by Gasteiger charge is -2.34. The molecule has 1 saturated carbocycles. The zero-order chi connectivity index (χ0) is 14.7. The van der Waals surface area contributed by atoms with Gasteiger partial charge in [-0.15, -0.1) is 0 Å². The highest BCUT2D eigenvalue weighted by atomic mass is 16.6. The maximum Gasteiger partial charge on any atom is 0.307 e. The summed E-state index contributed by atoms with van der Waals surface area (Å²) in [4.78, 5) is 11.0. The molecule has 1 aliphatic carbocycles. The third-order valence-corrected chi connectivity index (χ3v) is 5.28. The van der Waals surface area contributed by atoms with Gasteiger partial charge in [-0.05, 0) is 32.1 Å². The number of carboxylic acids is 1. The van der Waals surface area contributed by atoms with Crippen molar-refractivity contribution >= 4 is 5.97 Å². The molecule has 0 bridgehead atoms. The molecule has 3 rings (SSSR count). The summed E-state index contributed by atoms with van der Waals surface area (Å²) in [6.07, 6.45) is 9.41. The number of hydrogen-bond acceptors (Lipinski definition) is 4. The summed E-state index contributed by atoms with van der Waals surface area (Å²) < 4.78 is 12.2. The molecule has 0 amide bonds. The highest BCUT2D eigenvalue weighted by Crippen LogP contribution is 2.42. The Balaban J connectivity index is 1.42. The minimum Gasteiger partial charge on any atom is -0.481 e. The van der Waals surface area contributed by atoms with E-state index in [1.54, 1.807) is 0 Å². The monoisotopic (exact) mass is 297 g/mol. The van der Waals surface area contributed by atoms with E-state index in [-0.39, 0.29) is 23.7 Å². The fourth-order valence-electron chi connectivity index (χ4n) is 4.04. The standard InChI is InChI=1S/C16H27NO4/c18-15(19)12-8-14(10-17-9-12)20-11-13-4-7-16(21-13)5-2-1-3-6-16/h12-14,17H,1-11H2,(H,18,19). The van der Waals surface area contributed by atoms with E-state index in [0.717, 1.165) is 13.0 Å². The van der Waals surface area contributed by atoms with Crippen LogP contribution in [0.4, 0.5) is 0 Å². The largest absolute Gasteiger partial charge is 0.481 e. The van der Waals surface area contributed by atoms with E-state index in [1.807, 2.05) is 0 Å². The fourth-order valence-corrected chi connectivity index (χ4v) is 4.04. The number of nitrogens with one attached hydrogen (secondary N) is 1. The Kier molecular flexibility index (Phi) is 4.82. The van der Waals surface area contributed by atoms with E-state index in [9.17, 15) is 4.79 Å². The first-order valence-electron chi connectivity index (χ1n) is 8.40. The fraction of sp³-hybridized carbons (Fsp3) is 0.938. The van der Waals surface area contributed by atoms with E-state index in [4.69, 9.17) is 14.6 Å². The number of carboxylic acid groups (broad SMARTS) is 1. The van der Waals surface area contributed by atoms with Crippen molar-refractivity contribution in [2.75, 3.05) is 19.7 Å². The van der Waals surface area contributed by atoms with Crippen molar-refractivity contribution in [1.82, 2.24) is 5.32 Å². The number of aliphatic carboxylic acids is 1. The van der Waals surface area contributed by atoms with E-state index in [0.29, 0.717) is 19.6 Å². The number of piperidine rings is 1. The molecule has 2 heterocycles. The third kappa shape index (κ3) is 3.76. The molecule has 5 nitrogen and oxygen atoms in total. The molecule has 120 valence electrons. The van der Waals surface area contributed by atoms with Crippen LogP contribution in [-0.4, -0.2) is 48.6 Å². The van der Waals surface area contributed by atoms with Gasteiger partial charge in [-0.25, -0.2) is 0 Å². The van der Waals surface area contributed by atoms with Crippen molar-refractivity contribution in [3.8, 4) is 0 Å². The molecule has 3 fully saturated rings. The number of carbonyl (C=O) groups is 1. The molecule has 3 unspecified atom stereocenters. The summed E-state index contributed by atoms with van der Waals surface area (Å²) in [6.45, 7) is 1.92. The Morgan fingerprint density at radius 1 is 1.24 bits per heavy atom. The second-order valence-electron chi connectivity index (χ2n) is 6.91. The van der Waals surface area contributed by atoms with Gasteiger partial charge >= 0.3 is 5.97 Å². The smallest absolute Gasteiger partial charge is 0.307 e. The van der Waals surface area contributed by atoms with Crippen LogP contribution in [0, 0.1) is 5.92 Å². The summed E-state index contributed by atoms with van der Waals surface area (Å²) in [5, 5.41) is 12.2. The van der Waals surface area contributed by atoms with Gasteiger partial charge in [0, 0.05) is 13.1 Å². The minimum absolute atomic E-state index is 0.00589. The molecule has 0 aromatic rings. The van der Waals surface area contributed by atoms with Crippen LogP contribution >= 0.6 is 0 Å². The molecular formula is C16H27NO4. The number of hydrogen-bond donors (Lipinski definition) is 2. The minimum atomic E-state index is -0.728. The molecule has 2 aliphatic heterocycles. The lowest BCUT2D eigenvalue weighted by atomic mass is 9.83. The zero-order valence-corrected chi connectivity index (χ0v) is 12.7. The Morgan fingerprint density at radius 2 is 2.05 bits per heavy atom. The van der Waals surface area contributed by atoms with Gasteiger partial charge in [0.2, 0.25) is 0 Å². The maximum absolute atomic E-state index is 11.0. The van der Waals surface area contributed by atoms with E-state index >= 15 is 0 Å². The molecule has 0 radical (unpaired) electrons. The topological polar surface area (TPSA) is 67.8 Å². The first-order chi connectivity index (χ1) is 10.2. The molecular weight excluding hydrogens is 270 g/mol. The van der Waals surface area contributed by atoms with Crippen molar-refractivity contribution in [1.29, 1.82) is 0 Å². The van der Waals surface area contributed by atoms with Gasteiger partial charge in [0.15, 0.2) is 0 Å². The van der Waals surface area contributed by atoms with E-state index in [2.05, 4.69) is 5.32 Å². The molecule has 3 aliphatic rings. The van der Waals surface area contributed by atoms with Crippen LogP contribution in [0.1, 0.15) is 51.4 Å². The Labute approximate surface area is 126 Å². The molecule has 0 aromatic carbocycles. The van der Waals surface area contributed by atoms with Crippen molar-refractivity contribution in [3.05, 3.63) is 0 Å². The quantitative estimate of drug-likeness (QED) is 0.830. The second kappa shape index (κ2) is 6.63. The van der Waals surface area contributed by atoms with Crippen LogP contribution in [0.3, 0.4) is 0 Å². The SMILES string of the molecule is O=C(O)C1CNCC(OCC2CCC3(CCCCC3)O2)C1. The lowest BCUT2D eigenvalue weighted by molar-refractivity contribution is -0.145. The average molecular weight is 297 g/mol. The number of ether oxygens (including phenoxy) is 2. The molecule has 0 aromatic heterocycles. The summed E-state index contributed by atoms with van der Waals surface area (Å²) in [5.41, 5.74) is 0.140. The van der Waals surface area contributed by atoms with Crippen LogP contribution in [0.5, 0.6) is 0 Å². The highest BCUT2D eigenvalue weighted by Gasteiger charge is 2.41. The van der Waals surface area contributed by atoms with Gasteiger partial charge < -0.3 is 19.9 Å². The zero-order valence-electron chi connectivity index (χ0n) is 12.7. The van der Waals surface area contributed by atoms with Crippen LogP contribution in [0.25, 0.3) is 0 Å². The molecule has 21 heavy (non-hydrogen) atoms. The van der Waals surface area contributed by atoms with Crippen LogP contribution in [0.15, 0.2) is 0 Å². The van der Waals surface area contributed by atoms with Gasteiger partial charge in [-0.2, -0.15) is 0 Å². The Morgan fingerprint density at radius 3 is 2.81 bits per heavy atom. The summed E-state index contributed by atoms with van der Waals surface area (Å²) >= 11 is 0. The van der Waals surface area contributed by atoms with Gasteiger partial charge in [0.25, 0.3) is 0 Å². The van der Waals surface area contributed by atoms with Gasteiger partial charge in [-0.3, -0.25) is 4.79 Å². The van der Waals surface area contributed by atoms with E-state index < -0.39 is 5.97 Å². The molecule has 2 saturated heterocycles. The first kappa shape index (κ1) is 15.3. The second-order valence-corrected chi connectivity index (χ2v) is 6.91. The van der Waals surface area contributed by atoms with Gasteiger partial charge in [-0.1, -0.05) is 19.3 Å². The van der Waals surface area contributed by atoms with Crippen molar-refractivity contribution in [2.45, 2.75) is 69.2 Å². The number of rotatable bonds is 4. The van der Waals surface area contributed by atoms with Crippen LogP contribution < -0.4 is 5.32 Å². The van der Waals surface area contributed by atoms with Crippen LogP contribution in [0.2, 0.25) is 0 Å². The third-order valence-electron chi connectivity index (χ3n) is 5.28. The Hall–Kier alpha value is -0.650. The first-order valence-corrected chi connectivity index (χ1v) is 8.40. The van der Waals surface area contributed by atoms with Crippen molar-refractivity contribution in [3.63, 3.8) is 0 Å². The summed E-state index contributed by atoms with van der Waals surface area (Å²) in [7, 11) is 0. The predicted octanol–water partition coefficient (Wildman–Crippen LogP) is 1.95. The molecule has 2 N–H and O–H groups in total. The predicted molar refractivity (Wildman–Crippen MR) is 78.3 cm³/mol. The van der Waals surface area contributed by atoms with Crippen LogP contribution in [-0.2, 0) is 14.3 Å². The van der Waals surface area contributed by atoms with Gasteiger partial charge in [0.1, 0.15) is 0 Å². The van der Waals surface area contributed by atoms with Gasteiger partial charge in [0.05, 0.1) is 30.3 Å². The normalized spacial score (nSPS) is 35.9. The molecule has 5 heteroatoms. The summed E-state index contributed by atoms with van der Waals surface area (Å²) in [5.74, 6) is -1.05. The average Bonchev–Trinajstić information content (AvgIpc) is 2.89. The van der Waals surface area contributed by atoms with Crippen molar-refractivity contribution < 1.29 is 19.4 Å². The maximum atomic E-state index is 11.0. The molecule has 3 atom stereocenters. The van der Waals surface area contributed by atoms with Crippen molar-refractivity contribution in [2.24, 2.45) is 5.92 Å². The van der Waals surface area contributed by atoms with E-state index in [1.165, 1.54) is 38.5 Å². The summed E-state index contributed by atoms with van der Waals surface area (Å²) in [6, 6.07) is 0. The lowest BCUT2D eigenvalue weighted by Crippen LogP contribution is -2.44. The Bertz CT molecular complexity index is 367. The highest BCUT2D eigenvalue weighted by molar-refractivity contribution is 5.70.